The zero-order valence-corrected chi connectivity index (χ0v) is 18.5. The van der Waals surface area contributed by atoms with Crippen LogP contribution in [0.2, 0.25) is 0 Å². The molecule has 172 valence electrons. The molecule has 1 aromatic heterocycles. The van der Waals surface area contributed by atoms with Gasteiger partial charge in [-0.3, -0.25) is 14.2 Å². The van der Waals surface area contributed by atoms with Crippen LogP contribution in [0, 0.1) is 5.92 Å². The highest BCUT2D eigenvalue weighted by molar-refractivity contribution is 5.81. The number of oxazole rings is 1. The standard InChI is InChI=1S/C24H31N3O5/c28-21(17-27-19-5-1-2-6-20(19)32-23(27)30)25-12-7-18(8-13-25)22(29)26-14-10-24(11-15-26)9-3-4-16-31-24/h1-2,5-6,18H,3-4,7-17H2. The van der Waals surface area contributed by atoms with Crippen molar-refractivity contribution >= 4 is 22.9 Å². The number of likely N-dealkylation sites (tertiary alicyclic amines) is 2. The third-order valence-electron chi connectivity index (χ3n) is 7.49. The molecule has 5 rings (SSSR count). The molecule has 32 heavy (non-hydrogen) atoms. The summed E-state index contributed by atoms with van der Waals surface area (Å²) in [6.07, 6.45) is 6.69. The monoisotopic (exact) mass is 441 g/mol. The van der Waals surface area contributed by atoms with Crippen molar-refractivity contribution in [2.75, 3.05) is 32.8 Å². The molecule has 1 aromatic carbocycles. The van der Waals surface area contributed by atoms with Crippen LogP contribution in [0.1, 0.15) is 44.9 Å². The summed E-state index contributed by atoms with van der Waals surface area (Å²) in [7, 11) is 0. The minimum absolute atomic E-state index is 0.000152. The molecular weight excluding hydrogens is 410 g/mol. The smallest absolute Gasteiger partial charge is 0.408 e. The van der Waals surface area contributed by atoms with Gasteiger partial charge in [0.05, 0.1) is 11.1 Å². The lowest BCUT2D eigenvalue weighted by Crippen LogP contribution is -2.52. The van der Waals surface area contributed by atoms with E-state index in [1.807, 2.05) is 11.0 Å². The molecule has 0 aliphatic carbocycles. The maximum Gasteiger partial charge on any atom is 0.420 e. The first kappa shape index (κ1) is 21.2. The van der Waals surface area contributed by atoms with Gasteiger partial charge < -0.3 is 19.0 Å². The zero-order chi connectivity index (χ0) is 22.1. The summed E-state index contributed by atoms with van der Waals surface area (Å²) in [6, 6.07) is 7.11. The molecule has 8 heteroatoms. The van der Waals surface area contributed by atoms with Crippen molar-refractivity contribution in [1.29, 1.82) is 0 Å². The van der Waals surface area contributed by atoms with Gasteiger partial charge in [-0.05, 0) is 57.1 Å². The molecule has 2 amide bonds. The van der Waals surface area contributed by atoms with Gasteiger partial charge in [0.15, 0.2) is 5.58 Å². The summed E-state index contributed by atoms with van der Waals surface area (Å²) in [4.78, 5) is 41.8. The zero-order valence-electron chi connectivity index (χ0n) is 18.5. The first-order chi connectivity index (χ1) is 15.5. The van der Waals surface area contributed by atoms with E-state index in [9.17, 15) is 14.4 Å². The van der Waals surface area contributed by atoms with E-state index < -0.39 is 5.76 Å². The third kappa shape index (κ3) is 4.08. The average molecular weight is 442 g/mol. The van der Waals surface area contributed by atoms with E-state index in [0.717, 1.165) is 45.4 Å². The number of piperidine rings is 2. The van der Waals surface area contributed by atoms with E-state index in [0.29, 0.717) is 37.0 Å². The summed E-state index contributed by atoms with van der Waals surface area (Å²) in [5, 5.41) is 0. The Morgan fingerprint density at radius 3 is 2.44 bits per heavy atom. The Labute approximate surface area is 187 Å². The van der Waals surface area contributed by atoms with Crippen LogP contribution in [0.4, 0.5) is 0 Å². The molecule has 4 heterocycles. The Morgan fingerprint density at radius 2 is 1.72 bits per heavy atom. The SMILES string of the molecule is O=C(Cn1c(=O)oc2ccccc21)N1CCC(C(=O)N2CCC3(CCCCO3)CC2)CC1. The molecule has 3 saturated heterocycles. The van der Waals surface area contributed by atoms with Crippen LogP contribution >= 0.6 is 0 Å². The Bertz CT molecular complexity index is 1030. The maximum absolute atomic E-state index is 13.1. The first-order valence-corrected chi connectivity index (χ1v) is 11.8. The van der Waals surface area contributed by atoms with E-state index in [-0.39, 0.29) is 29.9 Å². The van der Waals surface area contributed by atoms with Crippen LogP contribution in [0.15, 0.2) is 33.5 Å². The van der Waals surface area contributed by atoms with Crippen molar-refractivity contribution in [2.45, 2.75) is 57.1 Å². The molecule has 0 saturated carbocycles. The number of hydrogen-bond acceptors (Lipinski definition) is 5. The van der Waals surface area contributed by atoms with Crippen LogP contribution in [0.3, 0.4) is 0 Å². The number of fused-ring (bicyclic) bond motifs is 1. The fraction of sp³-hybridized carbons (Fsp3) is 0.625. The molecule has 3 aliphatic heterocycles. The van der Waals surface area contributed by atoms with Crippen LogP contribution in [0.5, 0.6) is 0 Å². The Morgan fingerprint density at radius 1 is 0.969 bits per heavy atom. The molecule has 0 N–H and O–H groups in total. The first-order valence-electron chi connectivity index (χ1n) is 11.8. The number of nitrogens with zero attached hydrogens (tertiary/aromatic N) is 3. The predicted octanol–water partition coefficient (Wildman–Crippen LogP) is 2.39. The van der Waals surface area contributed by atoms with Crippen molar-refractivity contribution in [2.24, 2.45) is 5.92 Å². The molecule has 0 unspecified atom stereocenters. The van der Waals surface area contributed by atoms with Crippen LogP contribution in [-0.2, 0) is 20.9 Å². The van der Waals surface area contributed by atoms with Crippen molar-refractivity contribution < 1.29 is 18.7 Å². The fourth-order valence-corrected chi connectivity index (χ4v) is 5.47. The van der Waals surface area contributed by atoms with Gasteiger partial charge in [0, 0.05) is 38.7 Å². The van der Waals surface area contributed by atoms with Crippen LogP contribution < -0.4 is 5.76 Å². The molecule has 1 spiro atoms. The van der Waals surface area contributed by atoms with Gasteiger partial charge in [-0.15, -0.1) is 0 Å². The van der Waals surface area contributed by atoms with Gasteiger partial charge in [-0.25, -0.2) is 4.79 Å². The molecule has 0 radical (unpaired) electrons. The van der Waals surface area contributed by atoms with E-state index in [1.54, 1.807) is 23.1 Å². The molecule has 0 atom stereocenters. The van der Waals surface area contributed by atoms with Gasteiger partial charge in [-0.2, -0.15) is 0 Å². The number of amides is 2. The van der Waals surface area contributed by atoms with Crippen molar-refractivity contribution in [3.8, 4) is 0 Å². The summed E-state index contributed by atoms with van der Waals surface area (Å²) >= 11 is 0. The number of carbonyl (C=O) groups is 2. The summed E-state index contributed by atoms with van der Waals surface area (Å²) < 4.78 is 12.7. The van der Waals surface area contributed by atoms with E-state index in [2.05, 4.69) is 0 Å². The number of benzene rings is 1. The molecule has 2 aromatic rings. The Balaban J connectivity index is 1.14. The van der Waals surface area contributed by atoms with Gasteiger partial charge >= 0.3 is 5.76 Å². The highest BCUT2D eigenvalue weighted by Gasteiger charge is 2.39. The lowest BCUT2D eigenvalue weighted by atomic mass is 9.84. The van der Waals surface area contributed by atoms with Gasteiger partial charge in [-0.1, -0.05) is 12.1 Å². The average Bonchev–Trinajstić information content (AvgIpc) is 3.14. The quantitative estimate of drug-likeness (QED) is 0.730. The number of hydrogen-bond donors (Lipinski definition) is 0. The number of ether oxygens (including phenoxy) is 1. The fourth-order valence-electron chi connectivity index (χ4n) is 5.47. The molecular formula is C24H31N3O5. The lowest BCUT2D eigenvalue weighted by molar-refractivity contribution is -0.149. The third-order valence-corrected chi connectivity index (χ3v) is 7.49. The summed E-state index contributed by atoms with van der Waals surface area (Å²) in [5.74, 6) is -0.439. The topological polar surface area (TPSA) is 85.0 Å². The van der Waals surface area contributed by atoms with Crippen LogP contribution in [-0.4, -0.2) is 64.6 Å². The number of aromatic nitrogens is 1. The highest BCUT2D eigenvalue weighted by Crippen LogP contribution is 2.35. The van der Waals surface area contributed by atoms with Crippen LogP contribution in [0.25, 0.3) is 11.1 Å². The van der Waals surface area contributed by atoms with Crippen molar-refractivity contribution in [1.82, 2.24) is 14.4 Å². The lowest BCUT2D eigenvalue weighted by Gasteiger charge is -2.45. The van der Waals surface area contributed by atoms with Crippen molar-refractivity contribution in [3.63, 3.8) is 0 Å². The summed E-state index contributed by atoms with van der Waals surface area (Å²) in [5.41, 5.74) is 1.11. The summed E-state index contributed by atoms with van der Waals surface area (Å²) in [6.45, 7) is 3.44. The second kappa shape index (κ2) is 8.73. The minimum atomic E-state index is -0.519. The Kier molecular flexibility index (Phi) is 5.80. The van der Waals surface area contributed by atoms with E-state index in [1.165, 1.54) is 11.0 Å². The van der Waals surface area contributed by atoms with Crippen molar-refractivity contribution in [3.05, 3.63) is 34.8 Å². The highest BCUT2D eigenvalue weighted by atomic mass is 16.5. The van der Waals surface area contributed by atoms with E-state index in [4.69, 9.17) is 9.15 Å². The largest absolute Gasteiger partial charge is 0.420 e. The predicted molar refractivity (Wildman–Crippen MR) is 118 cm³/mol. The molecule has 0 bridgehead atoms. The van der Waals surface area contributed by atoms with Gasteiger partial charge in [0.2, 0.25) is 11.8 Å². The normalized spacial score (nSPS) is 21.9. The minimum Gasteiger partial charge on any atom is -0.408 e. The number of rotatable bonds is 3. The van der Waals surface area contributed by atoms with E-state index >= 15 is 0 Å². The maximum atomic E-state index is 13.1. The van der Waals surface area contributed by atoms with Gasteiger partial charge in [0.25, 0.3) is 0 Å². The van der Waals surface area contributed by atoms with Gasteiger partial charge in [0.1, 0.15) is 6.54 Å². The number of carbonyl (C=O) groups excluding carboxylic acids is 2. The molecule has 3 fully saturated rings. The second-order valence-corrected chi connectivity index (χ2v) is 9.39. The second-order valence-electron chi connectivity index (χ2n) is 9.39. The molecule has 8 nitrogen and oxygen atoms in total. The molecule has 3 aliphatic rings. The Hall–Kier alpha value is -2.61. The number of para-hydroxylation sites is 2.